The van der Waals surface area contributed by atoms with Gasteiger partial charge in [-0.2, -0.15) is 16.9 Å². The van der Waals surface area contributed by atoms with Crippen molar-refractivity contribution < 1.29 is 9.59 Å². The molecule has 1 fully saturated rings. The summed E-state index contributed by atoms with van der Waals surface area (Å²) in [5.41, 5.74) is 5.21. The highest BCUT2D eigenvalue weighted by atomic mass is 32.2. The maximum absolute atomic E-state index is 12.7. The van der Waals surface area contributed by atoms with Crippen LogP contribution < -0.4 is 5.32 Å². The van der Waals surface area contributed by atoms with E-state index in [2.05, 4.69) is 18.3 Å². The van der Waals surface area contributed by atoms with Gasteiger partial charge in [0, 0.05) is 30.2 Å². The van der Waals surface area contributed by atoms with Gasteiger partial charge in [0.15, 0.2) is 0 Å². The lowest BCUT2D eigenvalue weighted by Gasteiger charge is -2.26. The van der Waals surface area contributed by atoms with Crippen molar-refractivity contribution in [3.05, 3.63) is 40.6 Å². The van der Waals surface area contributed by atoms with Gasteiger partial charge in [0.25, 0.3) is 0 Å². The largest absolute Gasteiger partial charge is 0.334 e. The number of nitrogens with zero attached hydrogens (tertiary/aromatic N) is 3. The zero-order valence-electron chi connectivity index (χ0n) is 15.7. The number of likely N-dealkylation sites (tertiary alicyclic amines) is 1. The Kier molecular flexibility index (Phi) is 4.95. The monoisotopic (exact) mass is 384 g/mol. The molecular weight excluding hydrogens is 360 g/mol. The molecule has 2 aliphatic rings. The van der Waals surface area contributed by atoms with Gasteiger partial charge < -0.3 is 10.2 Å². The maximum atomic E-state index is 12.7. The van der Waals surface area contributed by atoms with Crippen LogP contribution in [-0.4, -0.2) is 39.6 Å². The number of piperidine rings is 1. The number of fused-ring (bicyclic) bond motifs is 1. The first-order valence-electron chi connectivity index (χ1n) is 9.41. The fraction of sp³-hybridized carbons (Fsp3) is 0.450. The second-order valence-corrected chi connectivity index (χ2v) is 8.26. The van der Waals surface area contributed by atoms with Crippen LogP contribution in [0.2, 0.25) is 0 Å². The molecule has 3 heterocycles. The summed E-state index contributed by atoms with van der Waals surface area (Å²) >= 11 is 1.78. The van der Waals surface area contributed by atoms with E-state index >= 15 is 0 Å². The third-order valence-electron chi connectivity index (χ3n) is 5.20. The molecule has 7 heteroatoms. The highest BCUT2D eigenvalue weighted by Crippen LogP contribution is 2.36. The minimum absolute atomic E-state index is 0.442. The topological polar surface area (TPSA) is 67.2 Å². The Bertz CT molecular complexity index is 900. The van der Waals surface area contributed by atoms with Gasteiger partial charge >= 0.3 is 11.8 Å². The van der Waals surface area contributed by atoms with Crippen molar-refractivity contribution in [1.82, 2.24) is 14.7 Å². The normalized spacial score (nSPS) is 16.3. The first kappa shape index (κ1) is 18.1. The molecule has 0 radical (unpaired) electrons. The van der Waals surface area contributed by atoms with Gasteiger partial charge in [-0.25, -0.2) is 4.68 Å². The molecule has 0 spiro atoms. The van der Waals surface area contributed by atoms with Crippen molar-refractivity contribution in [2.24, 2.45) is 0 Å². The molecule has 6 nitrogen and oxygen atoms in total. The van der Waals surface area contributed by atoms with Crippen LogP contribution in [0.1, 0.15) is 41.6 Å². The summed E-state index contributed by atoms with van der Waals surface area (Å²) in [4.78, 5) is 26.9. The second kappa shape index (κ2) is 7.38. The molecule has 0 bridgehead atoms. The minimum atomic E-state index is -0.567. The standard InChI is InChI=1S/C20H24N4O2S/c1-13-6-7-17(14(2)10-13)24-18(15-11-27-12-16(15)22-24)21-19(25)20(26)23-8-4-3-5-9-23/h6-7,10H,3-5,8-9,11-12H2,1-2H3,(H,21,25). The number of hydrogen-bond donors (Lipinski definition) is 1. The van der Waals surface area contributed by atoms with Gasteiger partial charge in [-0.3, -0.25) is 9.59 Å². The van der Waals surface area contributed by atoms with E-state index in [4.69, 9.17) is 5.10 Å². The van der Waals surface area contributed by atoms with E-state index in [0.717, 1.165) is 53.3 Å². The van der Waals surface area contributed by atoms with Crippen LogP contribution in [0, 0.1) is 13.8 Å². The number of aryl methyl sites for hydroxylation is 2. The number of nitrogens with one attached hydrogen (secondary N) is 1. The van der Waals surface area contributed by atoms with Gasteiger partial charge in [0.1, 0.15) is 5.82 Å². The van der Waals surface area contributed by atoms with Crippen LogP contribution in [0.5, 0.6) is 0 Å². The van der Waals surface area contributed by atoms with Gasteiger partial charge in [-0.05, 0) is 44.7 Å². The Labute approximate surface area is 163 Å². The molecule has 0 atom stereocenters. The first-order valence-corrected chi connectivity index (χ1v) is 10.6. The number of thioether (sulfide) groups is 1. The zero-order valence-corrected chi connectivity index (χ0v) is 16.6. The number of benzene rings is 1. The molecule has 1 aromatic carbocycles. The van der Waals surface area contributed by atoms with Crippen LogP contribution in [0.3, 0.4) is 0 Å². The third-order valence-corrected chi connectivity index (χ3v) is 6.17. The molecule has 0 aliphatic carbocycles. The zero-order chi connectivity index (χ0) is 19.0. The quantitative estimate of drug-likeness (QED) is 0.808. The number of hydrogen-bond acceptors (Lipinski definition) is 4. The lowest BCUT2D eigenvalue weighted by atomic mass is 10.1. The van der Waals surface area contributed by atoms with Gasteiger partial charge in [0.2, 0.25) is 0 Å². The van der Waals surface area contributed by atoms with Crippen LogP contribution in [0.15, 0.2) is 18.2 Å². The van der Waals surface area contributed by atoms with Crippen molar-refractivity contribution >= 4 is 29.4 Å². The summed E-state index contributed by atoms with van der Waals surface area (Å²) in [7, 11) is 0. The third kappa shape index (κ3) is 3.48. The van der Waals surface area contributed by atoms with E-state index in [9.17, 15) is 9.59 Å². The number of amides is 2. The Balaban J connectivity index is 1.65. The molecule has 1 saturated heterocycles. The fourth-order valence-electron chi connectivity index (χ4n) is 3.76. The molecule has 2 amide bonds. The lowest BCUT2D eigenvalue weighted by Crippen LogP contribution is -2.42. The van der Waals surface area contributed by atoms with Crippen LogP contribution in [0.4, 0.5) is 5.82 Å². The molecule has 2 aromatic rings. The van der Waals surface area contributed by atoms with Crippen molar-refractivity contribution in [3.8, 4) is 5.69 Å². The smallest absolute Gasteiger partial charge is 0.315 e. The van der Waals surface area contributed by atoms with E-state index in [-0.39, 0.29) is 0 Å². The molecule has 2 aliphatic heterocycles. The average Bonchev–Trinajstić information content (AvgIpc) is 3.24. The van der Waals surface area contributed by atoms with Gasteiger partial charge in [-0.15, -0.1) is 0 Å². The van der Waals surface area contributed by atoms with Crippen LogP contribution in [-0.2, 0) is 21.1 Å². The molecule has 0 unspecified atom stereocenters. The predicted molar refractivity (Wildman–Crippen MR) is 107 cm³/mol. The van der Waals surface area contributed by atoms with Crippen molar-refractivity contribution in [2.75, 3.05) is 18.4 Å². The Hall–Kier alpha value is -2.28. The Morgan fingerprint density at radius 3 is 2.63 bits per heavy atom. The highest BCUT2D eigenvalue weighted by Gasteiger charge is 2.29. The SMILES string of the molecule is Cc1ccc(-n2nc3c(c2NC(=O)C(=O)N2CCCCC2)CSC3)c(C)c1. The molecule has 27 heavy (non-hydrogen) atoms. The van der Waals surface area contributed by atoms with Crippen molar-refractivity contribution in [3.63, 3.8) is 0 Å². The second-order valence-electron chi connectivity index (χ2n) is 7.28. The summed E-state index contributed by atoms with van der Waals surface area (Å²) in [6.45, 7) is 5.41. The number of aromatic nitrogens is 2. The maximum Gasteiger partial charge on any atom is 0.315 e. The molecule has 4 rings (SSSR count). The number of carbonyl (C=O) groups excluding carboxylic acids is 2. The average molecular weight is 385 g/mol. The van der Waals surface area contributed by atoms with Crippen LogP contribution >= 0.6 is 11.8 Å². The summed E-state index contributed by atoms with van der Waals surface area (Å²) in [6, 6.07) is 6.15. The van der Waals surface area contributed by atoms with E-state index in [0.29, 0.717) is 18.9 Å². The highest BCUT2D eigenvalue weighted by molar-refractivity contribution is 7.98. The van der Waals surface area contributed by atoms with Crippen molar-refractivity contribution in [1.29, 1.82) is 0 Å². The molecule has 0 saturated carbocycles. The summed E-state index contributed by atoms with van der Waals surface area (Å²) in [5, 5.41) is 7.62. The number of carbonyl (C=O) groups is 2. The van der Waals surface area contributed by atoms with E-state index in [1.54, 1.807) is 21.3 Å². The first-order chi connectivity index (χ1) is 13.0. The Morgan fingerprint density at radius 1 is 1.11 bits per heavy atom. The van der Waals surface area contributed by atoms with Gasteiger partial charge in [0.05, 0.1) is 11.4 Å². The van der Waals surface area contributed by atoms with Crippen molar-refractivity contribution in [2.45, 2.75) is 44.6 Å². The predicted octanol–water partition coefficient (Wildman–Crippen LogP) is 3.19. The molecule has 1 aromatic heterocycles. The minimum Gasteiger partial charge on any atom is -0.334 e. The molecule has 142 valence electrons. The van der Waals surface area contributed by atoms with E-state index in [1.165, 1.54) is 5.56 Å². The lowest BCUT2D eigenvalue weighted by molar-refractivity contribution is -0.143. The summed E-state index contributed by atoms with van der Waals surface area (Å²) in [5.74, 6) is 1.26. The number of rotatable bonds is 2. The molecular formula is C20H24N4O2S. The summed E-state index contributed by atoms with van der Waals surface area (Å²) < 4.78 is 1.79. The Morgan fingerprint density at radius 2 is 1.89 bits per heavy atom. The fourth-order valence-corrected chi connectivity index (χ4v) is 4.80. The number of anilines is 1. The van der Waals surface area contributed by atoms with E-state index < -0.39 is 11.8 Å². The van der Waals surface area contributed by atoms with Gasteiger partial charge in [-0.1, -0.05) is 17.7 Å². The van der Waals surface area contributed by atoms with Crippen LogP contribution in [0.25, 0.3) is 5.69 Å². The summed E-state index contributed by atoms with van der Waals surface area (Å²) in [6.07, 6.45) is 3.05. The molecule has 1 N–H and O–H groups in total. The van der Waals surface area contributed by atoms with E-state index in [1.807, 2.05) is 19.1 Å².